The van der Waals surface area contributed by atoms with Crippen LogP contribution >= 0.6 is 0 Å². The quantitative estimate of drug-likeness (QED) is 0.924. The molecule has 1 atom stereocenters. The Hall–Kier alpha value is -0.900. The highest BCUT2D eigenvalue weighted by Crippen LogP contribution is 2.60. The summed E-state index contributed by atoms with van der Waals surface area (Å²) in [6, 6.07) is 0. The van der Waals surface area contributed by atoms with Crippen LogP contribution in [0.1, 0.15) is 70.5 Å². The minimum atomic E-state index is -0.173. The van der Waals surface area contributed by atoms with Crippen molar-refractivity contribution < 1.29 is 4.52 Å². The predicted molar refractivity (Wildman–Crippen MR) is 80.8 cm³/mol. The Balaban J connectivity index is 1.67. The van der Waals surface area contributed by atoms with E-state index in [0.717, 1.165) is 35.9 Å². The average molecular weight is 289 g/mol. The van der Waals surface area contributed by atoms with Gasteiger partial charge in [-0.25, -0.2) is 0 Å². The van der Waals surface area contributed by atoms with Crippen molar-refractivity contribution in [2.75, 3.05) is 6.54 Å². The second-order valence-electron chi connectivity index (χ2n) is 8.24. The SMILES string of the molecule is CCC(C)(CN)c1nc(C23CC4CC(CC(C4)C2)C3)no1. The first-order valence-electron chi connectivity index (χ1n) is 8.61. The molecule has 116 valence electrons. The maximum Gasteiger partial charge on any atom is 0.233 e. The van der Waals surface area contributed by atoms with Crippen LogP contribution in [0.2, 0.25) is 0 Å². The molecule has 0 amide bonds. The predicted octanol–water partition coefficient (Wildman–Crippen LogP) is 3.16. The van der Waals surface area contributed by atoms with Crippen LogP contribution in [0.5, 0.6) is 0 Å². The summed E-state index contributed by atoms with van der Waals surface area (Å²) in [5.41, 5.74) is 5.99. The van der Waals surface area contributed by atoms with Gasteiger partial charge in [-0.2, -0.15) is 4.98 Å². The molecule has 1 unspecified atom stereocenters. The fourth-order valence-electron chi connectivity index (χ4n) is 5.45. The van der Waals surface area contributed by atoms with Crippen molar-refractivity contribution in [1.29, 1.82) is 0 Å². The van der Waals surface area contributed by atoms with Crippen LogP contribution in [0, 0.1) is 17.8 Å². The highest BCUT2D eigenvalue weighted by molar-refractivity contribution is 5.18. The van der Waals surface area contributed by atoms with Gasteiger partial charge in [0.2, 0.25) is 5.89 Å². The zero-order valence-electron chi connectivity index (χ0n) is 13.3. The Morgan fingerprint density at radius 2 is 1.76 bits per heavy atom. The van der Waals surface area contributed by atoms with E-state index in [-0.39, 0.29) is 10.8 Å². The third-order valence-electron chi connectivity index (χ3n) is 6.69. The van der Waals surface area contributed by atoms with Crippen LogP contribution < -0.4 is 5.73 Å². The van der Waals surface area contributed by atoms with Crippen LogP contribution in [-0.2, 0) is 10.8 Å². The summed E-state index contributed by atoms with van der Waals surface area (Å²) < 4.78 is 5.66. The van der Waals surface area contributed by atoms with E-state index >= 15 is 0 Å². The van der Waals surface area contributed by atoms with E-state index in [1.807, 2.05) is 0 Å². The fourth-order valence-corrected chi connectivity index (χ4v) is 5.45. The van der Waals surface area contributed by atoms with E-state index in [1.165, 1.54) is 38.5 Å². The zero-order chi connectivity index (χ0) is 14.7. The number of nitrogens with zero attached hydrogens (tertiary/aromatic N) is 2. The Kier molecular flexibility index (Phi) is 2.97. The van der Waals surface area contributed by atoms with Gasteiger partial charge in [0.05, 0.1) is 5.41 Å². The van der Waals surface area contributed by atoms with E-state index < -0.39 is 0 Å². The third-order valence-corrected chi connectivity index (χ3v) is 6.69. The number of nitrogens with two attached hydrogens (primary N) is 1. The summed E-state index contributed by atoms with van der Waals surface area (Å²) in [6.07, 6.45) is 9.11. The van der Waals surface area contributed by atoms with Gasteiger partial charge >= 0.3 is 0 Å². The maximum absolute atomic E-state index is 5.94. The van der Waals surface area contributed by atoms with Gasteiger partial charge in [-0.05, 0) is 69.6 Å². The van der Waals surface area contributed by atoms with Gasteiger partial charge in [0.1, 0.15) is 0 Å². The first-order chi connectivity index (χ1) is 10.1. The molecular weight excluding hydrogens is 262 g/mol. The molecule has 4 bridgehead atoms. The highest BCUT2D eigenvalue weighted by Gasteiger charge is 2.54. The highest BCUT2D eigenvalue weighted by atomic mass is 16.5. The summed E-state index contributed by atoms with van der Waals surface area (Å²) in [7, 11) is 0. The number of hydrogen-bond donors (Lipinski definition) is 1. The monoisotopic (exact) mass is 289 g/mol. The summed E-state index contributed by atoms with van der Waals surface area (Å²) >= 11 is 0. The van der Waals surface area contributed by atoms with Crippen LogP contribution in [0.15, 0.2) is 4.52 Å². The zero-order valence-corrected chi connectivity index (χ0v) is 13.3. The van der Waals surface area contributed by atoms with Crippen molar-refractivity contribution in [1.82, 2.24) is 10.1 Å². The van der Waals surface area contributed by atoms with Crippen molar-refractivity contribution in [2.24, 2.45) is 23.5 Å². The van der Waals surface area contributed by atoms with Gasteiger partial charge in [-0.15, -0.1) is 0 Å². The van der Waals surface area contributed by atoms with Crippen LogP contribution in [0.4, 0.5) is 0 Å². The normalized spacial score (nSPS) is 40.4. The Labute approximate surface area is 126 Å². The standard InChI is InChI=1S/C17H27N3O/c1-3-16(2,10-18)15-19-14(20-21-15)17-7-11-4-12(8-17)6-13(5-11)9-17/h11-13H,3-10,18H2,1-2H3. The summed E-state index contributed by atoms with van der Waals surface area (Å²) in [5, 5.41) is 4.43. The lowest BCUT2D eigenvalue weighted by Gasteiger charge is -2.55. The molecule has 4 aliphatic carbocycles. The van der Waals surface area contributed by atoms with Crippen LogP contribution in [0.3, 0.4) is 0 Å². The second-order valence-corrected chi connectivity index (χ2v) is 8.24. The lowest BCUT2D eigenvalue weighted by atomic mass is 9.49. The van der Waals surface area contributed by atoms with Crippen LogP contribution in [0.25, 0.3) is 0 Å². The molecule has 1 heterocycles. The minimum Gasteiger partial charge on any atom is -0.339 e. The second kappa shape index (κ2) is 4.55. The summed E-state index contributed by atoms with van der Waals surface area (Å²) in [6.45, 7) is 4.83. The molecule has 4 fully saturated rings. The number of rotatable bonds is 4. The number of hydrogen-bond acceptors (Lipinski definition) is 4. The molecule has 0 radical (unpaired) electrons. The molecule has 0 aromatic carbocycles. The average Bonchev–Trinajstić information content (AvgIpc) is 2.96. The Bertz CT molecular complexity index is 497. The molecule has 4 heteroatoms. The van der Waals surface area contributed by atoms with Gasteiger partial charge in [0.15, 0.2) is 5.82 Å². The van der Waals surface area contributed by atoms with Crippen molar-refractivity contribution >= 4 is 0 Å². The largest absolute Gasteiger partial charge is 0.339 e. The molecular formula is C17H27N3O. The van der Waals surface area contributed by atoms with E-state index in [4.69, 9.17) is 15.2 Å². The van der Waals surface area contributed by atoms with Crippen molar-refractivity contribution in [3.63, 3.8) is 0 Å². The van der Waals surface area contributed by atoms with Crippen molar-refractivity contribution in [3.8, 4) is 0 Å². The van der Waals surface area contributed by atoms with E-state index in [2.05, 4.69) is 19.0 Å². The van der Waals surface area contributed by atoms with Gasteiger partial charge in [0.25, 0.3) is 0 Å². The molecule has 0 saturated heterocycles. The molecule has 0 spiro atoms. The maximum atomic E-state index is 5.94. The van der Waals surface area contributed by atoms with Gasteiger partial charge < -0.3 is 10.3 Å². The van der Waals surface area contributed by atoms with E-state index in [0.29, 0.717) is 6.54 Å². The molecule has 0 aliphatic heterocycles. The minimum absolute atomic E-state index is 0.173. The fraction of sp³-hybridized carbons (Fsp3) is 0.882. The lowest BCUT2D eigenvalue weighted by Crippen LogP contribution is -2.49. The van der Waals surface area contributed by atoms with E-state index in [9.17, 15) is 0 Å². The molecule has 1 aromatic heterocycles. The topological polar surface area (TPSA) is 64.9 Å². The summed E-state index contributed by atoms with van der Waals surface area (Å²) in [5.74, 6) is 4.46. The summed E-state index contributed by atoms with van der Waals surface area (Å²) in [4.78, 5) is 4.86. The number of aromatic nitrogens is 2. The molecule has 1 aromatic rings. The molecule has 2 N–H and O–H groups in total. The van der Waals surface area contributed by atoms with Crippen molar-refractivity contribution in [3.05, 3.63) is 11.7 Å². The lowest BCUT2D eigenvalue weighted by molar-refractivity contribution is -0.0103. The Morgan fingerprint density at radius 3 is 2.24 bits per heavy atom. The Morgan fingerprint density at radius 1 is 1.19 bits per heavy atom. The molecule has 5 rings (SSSR count). The van der Waals surface area contributed by atoms with Gasteiger partial charge in [0, 0.05) is 12.0 Å². The van der Waals surface area contributed by atoms with Crippen LogP contribution in [-0.4, -0.2) is 16.7 Å². The molecule has 21 heavy (non-hydrogen) atoms. The first kappa shape index (κ1) is 13.7. The van der Waals surface area contributed by atoms with E-state index in [1.54, 1.807) is 0 Å². The third kappa shape index (κ3) is 1.98. The van der Waals surface area contributed by atoms with Gasteiger partial charge in [-0.3, -0.25) is 0 Å². The molecule has 4 nitrogen and oxygen atoms in total. The molecule has 4 saturated carbocycles. The first-order valence-corrected chi connectivity index (χ1v) is 8.61. The smallest absolute Gasteiger partial charge is 0.233 e. The van der Waals surface area contributed by atoms with Crippen molar-refractivity contribution in [2.45, 2.75) is 69.6 Å². The molecule has 4 aliphatic rings. The van der Waals surface area contributed by atoms with Gasteiger partial charge in [-0.1, -0.05) is 12.1 Å².